The predicted molar refractivity (Wildman–Crippen MR) is 119 cm³/mol. The van der Waals surface area contributed by atoms with Crippen molar-refractivity contribution in [2.24, 2.45) is 0 Å². The van der Waals surface area contributed by atoms with Gasteiger partial charge in [-0.2, -0.15) is 0 Å². The Morgan fingerprint density at radius 2 is 1.72 bits per heavy atom. The molecule has 0 aliphatic rings. The first kappa shape index (κ1) is 21.2. The number of carbonyl (C=O) groups is 1. The number of thiazole rings is 1. The molecule has 0 fully saturated rings. The van der Waals surface area contributed by atoms with Gasteiger partial charge in [0.1, 0.15) is 0 Å². The Balaban J connectivity index is 1.61. The van der Waals surface area contributed by atoms with E-state index in [-0.39, 0.29) is 23.8 Å². The van der Waals surface area contributed by atoms with Gasteiger partial charge in [-0.1, -0.05) is 48.0 Å². The number of nitrogens with zero attached hydrogens (tertiary/aromatic N) is 1. The Hall–Kier alpha value is -2.51. The lowest BCUT2D eigenvalue weighted by Gasteiger charge is -2.08. The fraction of sp³-hybridized carbons (Fsp3) is 0.273. The van der Waals surface area contributed by atoms with E-state index in [0.717, 1.165) is 27.9 Å². The lowest BCUT2D eigenvalue weighted by atomic mass is 9.98. The van der Waals surface area contributed by atoms with Crippen molar-refractivity contribution in [1.29, 1.82) is 0 Å². The zero-order valence-corrected chi connectivity index (χ0v) is 18.4. The molecule has 0 atom stereocenters. The van der Waals surface area contributed by atoms with Crippen LogP contribution in [0.5, 0.6) is 0 Å². The van der Waals surface area contributed by atoms with Gasteiger partial charge in [0.15, 0.2) is 15.0 Å². The predicted octanol–water partition coefficient (Wildman–Crippen LogP) is 4.68. The van der Waals surface area contributed by atoms with Crippen molar-refractivity contribution in [3.63, 3.8) is 0 Å². The normalized spacial score (nSPS) is 11.4. The van der Waals surface area contributed by atoms with E-state index in [0.29, 0.717) is 5.13 Å². The zero-order valence-electron chi connectivity index (χ0n) is 16.7. The summed E-state index contributed by atoms with van der Waals surface area (Å²) < 4.78 is 24.5. The van der Waals surface area contributed by atoms with Crippen molar-refractivity contribution in [2.45, 2.75) is 32.9 Å². The van der Waals surface area contributed by atoms with Gasteiger partial charge in [-0.05, 0) is 37.5 Å². The van der Waals surface area contributed by atoms with Crippen molar-refractivity contribution in [2.75, 3.05) is 11.1 Å². The highest BCUT2D eigenvalue weighted by Crippen LogP contribution is 2.31. The van der Waals surface area contributed by atoms with Crippen LogP contribution in [0, 0.1) is 20.8 Å². The van der Waals surface area contributed by atoms with Crippen LogP contribution >= 0.6 is 11.3 Å². The fourth-order valence-electron chi connectivity index (χ4n) is 3.36. The van der Waals surface area contributed by atoms with Crippen molar-refractivity contribution < 1.29 is 13.2 Å². The largest absolute Gasteiger partial charge is 0.302 e. The molecule has 1 N–H and O–H groups in total. The smallest absolute Gasteiger partial charge is 0.227 e. The first-order valence-corrected chi connectivity index (χ1v) is 12.0. The maximum Gasteiger partial charge on any atom is 0.227 e. The molecule has 0 unspecified atom stereocenters. The van der Waals surface area contributed by atoms with Gasteiger partial charge in [0.05, 0.1) is 17.2 Å². The van der Waals surface area contributed by atoms with Crippen molar-refractivity contribution in [1.82, 2.24) is 4.98 Å². The number of sulfone groups is 1. The highest BCUT2D eigenvalue weighted by atomic mass is 32.2. The van der Waals surface area contributed by atoms with Gasteiger partial charge in [-0.25, -0.2) is 13.4 Å². The Bertz CT molecular complexity index is 1100. The average molecular weight is 429 g/mol. The number of rotatable bonds is 7. The molecule has 29 heavy (non-hydrogen) atoms. The third kappa shape index (κ3) is 5.74. The zero-order chi connectivity index (χ0) is 21.0. The van der Waals surface area contributed by atoms with E-state index >= 15 is 0 Å². The molecule has 0 aliphatic carbocycles. The molecule has 7 heteroatoms. The van der Waals surface area contributed by atoms with Crippen molar-refractivity contribution in [3.05, 3.63) is 70.1 Å². The molecule has 5 nitrogen and oxygen atoms in total. The monoisotopic (exact) mass is 428 g/mol. The topological polar surface area (TPSA) is 76.1 Å². The van der Waals surface area contributed by atoms with Crippen molar-refractivity contribution >= 4 is 32.2 Å². The Morgan fingerprint density at radius 3 is 2.38 bits per heavy atom. The quantitative estimate of drug-likeness (QED) is 0.593. The molecular formula is C22H24N2O3S2. The molecule has 3 rings (SSSR count). The summed E-state index contributed by atoms with van der Waals surface area (Å²) in [5.74, 6) is -0.601. The summed E-state index contributed by atoms with van der Waals surface area (Å²) in [6.45, 7) is 6.15. The number of aromatic nitrogens is 1. The molecule has 0 saturated heterocycles. The van der Waals surface area contributed by atoms with Crippen LogP contribution in [0.1, 0.15) is 28.7 Å². The standard InChI is InChI=1S/C22H24N2O3S2/c1-15-11-16(2)21(17(3)12-15)19-13-28-22(23-19)24-20(25)9-10-29(26,27)14-18-7-5-4-6-8-18/h4-8,11-13H,9-10,14H2,1-3H3,(H,23,24,25). The van der Waals surface area contributed by atoms with E-state index in [1.54, 1.807) is 24.3 Å². The molecule has 152 valence electrons. The first-order valence-electron chi connectivity index (χ1n) is 9.31. The van der Waals surface area contributed by atoms with Crippen molar-refractivity contribution in [3.8, 4) is 11.3 Å². The minimum absolute atomic E-state index is 0.0610. The minimum atomic E-state index is -3.35. The van der Waals surface area contributed by atoms with Gasteiger partial charge in [0, 0.05) is 17.4 Å². The Labute approximate surface area is 175 Å². The third-order valence-electron chi connectivity index (χ3n) is 4.55. The molecule has 0 aliphatic heterocycles. The summed E-state index contributed by atoms with van der Waals surface area (Å²) in [5.41, 5.74) is 6.08. The number of hydrogen-bond acceptors (Lipinski definition) is 5. The van der Waals surface area contributed by atoms with Gasteiger partial charge in [-0.3, -0.25) is 4.79 Å². The van der Waals surface area contributed by atoms with E-state index in [1.165, 1.54) is 16.9 Å². The second-order valence-electron chi connectivity index (χ2n) is 7.19. The molecular weight excluding hydrogens is 404 g/mol. The van der Waals surface area contributed by atoms with Gasteiger partial charge >= 0.3 is 0 Å². The van der Waals surface area contributed by atoms with Crippen LogP contribution in [0.3, 0.4) is 0 Å². The van der Waals surface area contributed by atoms with E-state index in [9.17, 15) is 13.2 Å². The summed E-state index contributed by atoms with van der Waals surface area (Å²) in [4.78, 5) is 16.7. The Kier molecular flexibility index (Phi) is 6.49. The van der Waals surface area contributed by atoms with E-state index in [2.05, 4.69) is 29.4 Å². The van der Waals surface area contributed by atoms with E-state index in [4.69, 9.17) is 0 Å². The minimum Gasteiger partial charge on any atom is -0.302 e. The van der Waals surface area contributed by atoms with Crippen LogP contribution < -0.4 is 5.32 Å². The summed E-state index contributed by atoms with van der Waals surface area (Å²) in [5, 5.41) is 5.11. The van der Waals surface area contributed by atoms with Gasteiger partial charge in [-0.15, -0.1) is 11.3 Å². The second kappa shape index (κ2) is 8.88. The number of carbonyl (C=O) groups excluding carboxylic acids is 1. The summed E-state index contributed by atoms with van der Waals surface area (Å²) >= 11 is 1.34. The van der Waals surface area contributed by atoms with Gasteiger partial charge < -0.3 is 5.32 Å². The number of benzene rings is 2. The van der Waals surface area contributed by atoms with E-state index in [1.807, 2.05) is 25.3 Å². The van der Waals surface area contributed by atoms with Crippen LogP contribution in [-0.4, -0.2) is 25.1 Å². The van der Waals surface area contributed by atoms with Crippen LogP contribution in [0.15, 0.2) is 47.8 Å². The molecule has 2 aromatic carbocycles. The van der Waals surface area contributed by atoms with Crippen LogP contribution in [0.2, 0.25) is 0 Å². The maximum atomic E-state index is 12.3. The number of amides is 1. The second-order valence-corrected chi connectivity index (χ2v) is 10.2. The maximum absolute atomic E-state index is 12.3. The molecule has 1 amide bonds. The molecule has 0 spiro atoms. The summed E-state index contributed by atoms with van der Waals surface area (Å²) in [6.07, 6.45) is -0.0906. The third-order valence-corrected chi connectivity index (χ3v) is 6.91. The molecule has 0 bridgehead atoms. The summed E-state index contributed by atoms with van der Waals surface area (Å²) in [7, 11) is -3.35. The number of hydrogen-bond donors (Lipinski definition) is 1. The Morgan fingerprint density at radius 1 is 1.07 bits per heavy atom. The first-order chi connectivity index (χ1) is 13.7. The number of anilines is 1. The number of aryl methyl sites for hydroxylation is 3. The van der Waals surface area contributed by atoms with Crippen LogP contribution in [0.25, 0.3) is 11.3 Å². The highest BCUT2D eigenvalue weighted by Gasteiger charge is 2.16. The van der Waals surface area contributed by atoms with Gasteiger partial charge in [0.2, 0.25) is 5.91 Å². The molecule has 1 heterocycles. The molecule has 3 aromatic rings. The average Bonchev–Trinajstić information content (AvgIpc) is 3.07. The lowest BCUT2D eigenvalue weighted by Crippen LogP contribution is -2.18. The van der Waals surface area contributed by atoms with E-state index < -0.39 is 9.84 Å². The highest BCUT2D eigenvalue weighted by molar-refractivity contribution is 7.90. The molecule has 0 radical (unpaired) electrons. The summed E-state index contributed by atoms with van der Waals surface area (Å²) in [6, 6.07) is 13.2. The molecule has 1 aromatic heterocycles. The lowest BCUT2D eigenvalue weighted by molar-refractivity contribution is -0.115. The SMILES string of the molecule is Cc1cc(C)c(-c2csc(NC(=O)CCS(=O)(=O)Cc3ccccc3)n2)c(C)c1. The fourth-order valence-corrected chi connectivity index (χ4v) is 5.42. The number of nitrogens with one attached hydrogen (secondary N) is 1. The van der Waals surface area contributed by atoms with Crippen LogP contribution in [0.4, 0.5) is 5.13 Å². The van der Waals surface area contributed by atoms with Crippen LogP contribution in [-0.2, 0) is 20.4 Å². The molecule has 0 saturated carbocycles. The van der Waals surface area contributed by atoms with Gasteiger partial charge in [0.25, 0.3) is 0 Å².